The van der Waals surface area contributed by atoms with Gasteiger partial charge in [-0.3, -0.25) is 0 Å². The Morgan fingerprint density at radius 3 is 2.79 bits per heavy atom. The standard InChI is InChI=1S/C10H17N3O/c1-8-5-9(13-11-6-8)12-10(2,3)7-14-4/h5-6H,7H2,1-4H3,(H,12,13). The Kier molecular flexibility index (Phi) is 3.41. The van der Waals surface area contributed by atoms with Crippen LogP contribution in [-0.4, -0.2) is 29.5 Å². The first-order valence-electron chi connectivity index (χ1n) is 4.60. The maximum atomic E-state index is 5.10. The molecule has 1 rings (SSSR count). The molecule has 1 aromatic heterocycles. The smallest absolute Gasteiger partial charge is 0.149 e. The van der Waals surface area contributed by atoms with Gasteiger partial charge in [0.05, 0.1) is 18.3 Å². The topological polar surface area (TPSA) is 47.0 Å². The number of hydrogen-bond acceptors (Lipinski definition) is 4. The minimum atomic E-state index is -0.128. The summed E-state index contributed by atoms with van der Waals surface area (Å²) in [6.07, 6.45) is 1.73. The Bertz CT molecular complexity index is 299. The number of aromatic nitrogens is 2. The van der Waals surface area contributed by atoms with Crippen LogP contribution in [0.5, 0.6) is 0 Å². The summed E-state index contributed by atoms with van der Waals surface area (Å²) >= 11 is 0. The zero-order valence-corrected chi connectivity index (χ0v) is 9.16. The zero-order valence-electron chi connectivity index (χ0n) is 9.16. The van der Waals surface area contributed by atoms with Crippen molar-refractivity contribution in [2.24, 2.45) is 0 Å². The summed E-state index contributed by atoms with van der Waals surface area (Å²) in [5, 5.41) is 11.1. The molecule has 1 aromatic rings. The van der Waals surface area contributed by atoms with Gasteiger partial charge < -0.3 is 10.1 Å². The van der Waals surface area contributed by atoms with Crippen LogP contribution < -0.4 is 5.32 Å². The average Bonchev–Trinajstić information content (AvgIpc) is 2.02. The molecule has 0 aromatic carbocycles. The number of aryl methyl sites for hydroxylation is 1. The van der Waals surface area contributed by atoms with Crippen LogP contribution in [0, 0.1) is 6.92 Å². The summed E-state index contributed by atoms with van der Waals surface area (Å²) < 4.78 is 5.10. The summed E-state index contributed by atoms with van der Waals surface area (Å²) in [7, 11) is 1.69. The number of nitrogens with one attached hydrogen (secondary N) is 1. The quantitative estimate of drug-likeness (QED) is 0.793. The van der Waals surface area contributed by atoms with E-state index in [4.69, 9.17) is 4.74 Å². The average molecular weight is 195 g/mol. The number of ether oxygens (including phenoxy) is 1. The predicted octanol–water partition coefficient (Wildman–Crippen LogP) is 1.62. The maximum absolute atomic E-state index is 5.10. The lowest BCUT2D eigenvalue weighted by atomic mass is 10.1. The molecule has 0 aliphatic carbocycles. The minimum absolute atomic E-state index is 0.128. The van der Waals surface area contributed by atoms with Gasteiger partial charge in [-0.05, 0) is 32.4 Å². The first-order chi connectivity index (χ1) is 6.53. The molecule has 4 nitrogen and oxygen atoms in total. The highest BCUT2D eigenvalue weighted by Gasteiger charge is 2.17. The van der Waals surface area contributed by atoms with Gasteiger partial charge in [0.2, 0.25) is 0 Å². The van der Waals surface area contributed by atoms with Gasteiger partial charge in [-0.25, -0.2) is 0 Å². The monoisotopic (exact) mass is 195 g/mol. The van der Waals surface area contributed by atoms with Crippen molar-refractivity contribution in [3.8, 4) is 0 Å². The second-order valence-electron chi connectivity index (χ2n) is 4.06. The molecule has 0 radical (unpaired) electrons. The van der Waals surface area contributed by atoms with E-state index in [1.807, 2.05) is 13.0 Å². The molecular formula is C10H17N3O. The van der Waals surface area contributed by atoms with E-state index in [0.29, 0.717) is 6.61 Å². The minimum Gasteiger partial charge on any atom is -0.382 e. The lowest BCUT2D eigenvalue weighted by Gasteiger charge is -2.25. The van der Waals surface area contributed by atoms with E-state index in [1.165, 1.54) is 0 Å². The van der Waals surface area contributed by atoms with Gasteiger partial charge >= 0.3 is 0 Å². The molecule has 0 spiro atoms. The molecule has 0 fully saturated rings. The van der Waals surface area contributed by atoms with Gasteiger partial charge in [0.15, 0.2) is 0 Å². The van der Waals surface area contributed by atoms with Crippen molar-refractivity contribution in [1.29, 1.82) is 0 Å². The van der Waals surface area contributed by atoms with E-state index in [9.17, 15) is 0 Å². The van der Waals surface area contributed by atoms with Crippen molar-refractivity contribution in [2.75, 3.05) is 19.0 Å². The number of nitrogens with zero attached hydrogens (tertiary/aromatic N) is 2. The van der Waals surface area contributed by atoms with Crippen molar-refractivity contribution >= 4 is 5.82 Å². The molecule has 0 unspecified atom stereocenters. The van der Waals surface area contributed by atoms with E-state index >= 15 is 0 Å². The van der Waals surface area contributed by atoms with Crippen LogP contribution in [0.2, 0.25) is 0 Å². The van der Waals surface area contributed by atoms with Crippen LogP contribution in [0.4, 0.5) is 5.82 Å². The Labute approximate surface area is 84.7 Å². The Hall–Kier alpha value is -1.16. The van der Waals surface area contributed by atoms with E-state index in [0.717, 1.165) is 11.4 Å². The first-order valence-corrected chi connectivity index (χ1v) is 4.60. The Morgan fingerprint density at radius 1 is 1.50 bits per heavy atom. The van der Waals surface area contributed by atoms with Crippen LogP contribution in [0.1, 0.15) is 19.4 Å². The highest BCUT2D eigenvalue weighted by Crippen LogP contribution is 2.12. The molecule has 0 saturated carbocycles. The third-order valence-electron chi connectivity index (χ3n) is 1.76. The Balaban J connectivity index is 2.68. The molecule has 0 aliphatic heterocycles. The van der Waals surface area contributed by atoms with E-state index < -0.39 is 0 Å². The maximum Gasteiger partial charge on any atom is 0.149 e. The second kappa shape index (κ2) is 4.37. The molecule has 1 N–H and O–H groups in total. The molecule has 78 valence electrons. The fourth-order valence-electron chi connectivity index (χ4n) is 1.27. The zero-order chi connectivity index (χ0) is 10.6. The van der Waals surface area contributed by atoms with Gasteiger partial charge in [0, 0.05) is 7.11 Å². The van der Waals surface area contributed by atoms with Crippen molar-refractivity contribution in [3.05, 3.63) is 17.8 Å². The molecule has 0 amide bonds. The molecule has 0 aliphatic rings. The lowest BCUT2D eigenvalue weighted by molar-refractivity contribution is 0.158. The fraction of sp³-hybridized carbons (Fsp3) is 0.600. The van der Waals surface area contributed by atoms with E-state index in [1.54, 1.807) is 13.3 Å². The van der Waals surface area contributed by atoms with Gasteiger partial charge in [-0.2, -0.15) is 5.10 Å². The largest absolute Gasteiger partial charge is 0.382 e. The number of methoxy groups -OCH3 is 1. The third kappa shape index (κ3) is 3.30. The van der Waals surface area contributed by atoms with Gasteiger partial charge in [-0.1, -0.05) is 0 Å². The van der Waals surface area contributed by atoms with Crippen molar-refractivity contribution in [3.63, 3.8) is 0 Å². The van der Waals surface area contributed by atoms with Crippen LogP contribution in [0.25, 0.3) is 0 Å². The van der Waals surface area contributed by atoms with Crippen LogP contribution in [-0.2, 0) is 4.74 Å². The molecule has 4 heteroatoms. The molecule has 0 saturated heterocycles. The van der Waals surface area contributed by atoms with E-state index in [-0.39, 0.29) is 5.54 Å². The van der Waals surface area contributed by atoms with Gasteiger partial charge in [0.1, 0.15) is 5.82 Å². The lowest BCUT2D eigenvalue weighted by Crippen LogP contribution is -2.36. The summed E-state index contributed by atoms with van der Waals surface area (Å²) in [6.45, 7) is 6.73. The predicted molar refractivity (Wildman–Crippen MR) is 56.3 cm³/mol. The Morgan fingerprint density at radius 2 is 2.21 bits per heavy atom. The van der Waals surface area contributed by atoms with Gasteiger partial charge in [0.25, 0.3) is 0 Å². The van der Waals surface area contributed by atoms with Crippen LogP contribution in [0.15, 0.2) is 12.3 Å². The van der Waals surface area contributed by atoms with Crippen LogP contribution in [0.3, 0.4) is 0 Å². The summed E-state index contributed by atoms with van der Waals surface area (Å²) in [5.74, 6) is 0.784. The molecule has 14 heavy (non-hydrogen) atoms. The number of anilines is 1. The van der Waals surface area contributed by atoms with Gasteiger partial charge in [-0.15, -0.1) is 5.10 Å². The highest BCUT2D eigenvalue weighted by molar-refractivity contribution is 5.37. The molecule has 0 bridgehead atoms. The third-order valence-corrected chi connectivity index (χ3v) is 1.76. The van der Waals surface area contributed by atoms with Crippen molar-refractivity contribution < 1.29 is 4.74 Å². The van der Waals surface area contributed by atoms with Crippen LogP contribution >= 0.6 is 0 Å². The number of rotatable bonds is 4. The SMILES string of the molecule is COCC(C)(C)Nc1cc(C)cnn1. The summed E-state index contributed by atoms with van der Waals surface area (Å²) in [6, 6.07) is 1.96. The summed E-state index contributed by atoms with van der Waals surface area (Å²) in [5.41, 5.74) is 0.966. The van der Waals surface area contributed by atoms with E-state index in [2.05, 4.69) is 29.4 Å². The van der Waals surface area contributed by atoms with Crippen molar-refractivity contribution in [2.45, 2.75) is 26.3 Å². The molecule has 0 atom stereocenters. The normalized spacial score (nSPS) is 11.4. The number of hydrogen-bond donors (Lipinski definition) is 1. The van der Waals surface area contributed by atoms with Crippen molar-refractivity contribution in [1.82, 2.24) is 10.2 Å². The molecule has 1 heterocycles. The highest BCUT2D eigenvalue weighted by atomic mass is 16.5. The first kappa shape index (κ1) is 10.9. The molecular weight excluding hydrogens is 178 g/mol. The second-order valence-corrected chi connectivity index (χ2v) is 4.06. The summed E-state index contributed by atoms with van der Waals surface area (Å²) in [4.78, 5) is 0. The fourth-order valence-corrected chi connectivity index (χ4v) is 1.27.